The van der Waals surface area contributed by atoms with E-state index in [1.807, 2.05) is 43.7 Å². The summed E-state index contributed by atoms with van der Waals surface area (Å²) in [6.07, 6.45) is 1.69. The van der Waals surface area contributed by atoms with Crippen molar-refractivity contribution in [2.45, 2.75) is 13.8 Å². The number of hydrogen-bond acceptors (Lipinski definition) is 3. The molecule has 0 spiro atoms. The molecule has 0 aliphatic heterocycles. The zero-order valence-corrected chi connectivity index (χ0v) is 15.3. The van der Waals surface area contributed by atoms with Gasteiger partial charge in [0.15, 0.2) is 0 Å². The van der Waals surface area contributed by atoms with Gasteiger partial charge in [-0.25, -0.2) is 14.1 Å². The molecule has 138 valence electrons. The number of benzene rings is 2. The second-order valence-electron chi connectivity index (χ2n) is 6.15. The van der Waals surface area contributed by atoms with Crippen molar-refractivity contribution in [2.24, 2.45) is 12.8 Å². The lowest BCUT2D eigenvalue weighted by Crippen LogP contribution is -2.10. The zero-order chi connectivity index (χ0) is 19.6. The largest absolute Gasteiger partial charge is 0.366 e. The van der Waals surface area contributed by atoms with Gasteiger partial charge in [0.1, 0.15) is 11.6 Å². The quantitative estimate of drug-likeness (QED) is 0.592. The van der Waals surface area contributed by atoms with Gasteiger partial charge in [0, 0.05) is 24.5 Å². The lowest BCUT2D eigenvalue weighted by Gasteiger charge is -2.03. The van der Waals surface area contributed by atoms with Crippen molar-refractivity contribution in [2.75, 3.05) is 0 Å². The van der Waals surface area contributed by atoms with Crippen molar-refractivity contribution in [3.63, 3.8) is 0 Å². The molecular weight excluding hydrogens is 345 g/mol. The van der Waals surface area contributed by atoms with Crippen LogP contribution in [0.1, 0.15) is 21.9 Å². The summed E-state index contributed by atoms with van der Waals surface area (Å²) in [5, 5.41) is 4.08. The van der Waals surface area contributed by atoms with E-state index < -0.39 is 5.91 Å². The standard InChI is InChI=1S/C10H9FN2.C10H11N3O/c1-8-5-6-12-13(8)10-4-2-3-9(11)7-10;1-6-12-8-5-7(10(11)14)3-4-9(8)13(6)2/h2-7H,1H3;3-5H,1-2H3,(H2,11,14). The number of imidazole rings is 1. The topological polar surface area (TPSA) is 78.7 Å². The second kappa shape index (κ2) is 7.41. The van der Waals surface area contributed by atoms with Crippen LogP contribution in [0.15, 0.2) is 54.7 Å². The van der Waals surface area contributed by atoms with Gasteiger partial charge in [0.2, 0.25) is 5.91 Å². The molecule has 0 aliphatic rings. The summed E-state index contributed by atoms with van der Waals surface area (Å²) < 4.78 is 16.5. The molecule has 0 fully saturated rings. The number of aryl methyl sites for hydroxylation is 3. The van der Waals surface area contributed by atoms with Crippen molar-refractivity contribution in [1.29, 1.82) is 0 Å². The first-order valence-corrected chi connectivity index (χ1v) is 8.36. The summed E-state index contributed by atoms with van der Waals surface area (Å²) in [6.45, 7) is 3.85. The molecule has 4 aromatic rings. The van der Waals surface area contributed by atoms with Gasteiger partial charge in [0.05, 0.1) is 16.7 Å². The van der Waals surface area contributed by atoms with E-state index in [4.69, 9.17) is 5.73 Å². The van der Waals surface area contributed by atoms with Crippen molar-refractivity contribution in [3.8, 4) is 5.69 Å². The fourth-order valence-corrected chi connectivity index (χ4v) is 2.72. The van der Waals surface area contributed by atoms with E-state index in [1.54, 1.807) is 29.1 Å². The average Bonchev–Trinajstić information content (AvgIpc) is 3.18. The molecule has 0 radical (unpaired) electrons. The van der Waals surface area contributed by atoms with Crippen LogP contribution in [0.2, 0.25) is 0 Å². The van der Waals surface area contributed by atoms with Gasteiger partial charge in [-0.1, -0.05) is 6.07 Å². The van der Waals surface area contributed by atoms with Crippen LogP contribution in [-0.4, -0.2) is 25.2 Å². The third-order valence-corrected chi connectivity index (χ3v) is 4.27. The third kappa shape index (κ3) is 3.87. The summed E-state index contributed by atoms with van der Waals surface area (Å²) in [7, 11) is 1.94. The molecule has 2 heterocycles. The molecule has 2 aromatic carbocycles. The predicted octanol–water partition coefficient (Wildman–Crippen LogP) is 3.30. The number of aromatic nitrogens is 4. The molecule has 2 aromatic heterocycles. The molecule has 2 N–H and O–H groups in total. The minimum Gasteiger partial charge on any atom is -0.366 e. The summed E-state index contributed by atoms with van der Waals surface area (Å²) in [4.78, 5) is 15.2. The van der Waals surface area contributed by atoms with Gasteiger partial charge in [-0.3, -0.25) is 4.79 Å². The minimum atomic E-state index is -0.421. The number of halogens is 1. The first-order valence-electron chi connectivity index (χ1n) is 8.36. The van der Waals surface area contributed by atoms with Gasteiger partial charge in [-0.05, 0) is 56.3 Å². The highest BCUT2D eigenvalue weighted by molar-refractivity contribution is 5.96. The van der Waals surface area contributed by atoms with Gasteiger partial charge in [0.25, 0.3) is 0 Å². The van der Waals surface area contributed by atoms with Crippen LogP contribution in [0, 0.1) is 19.7 Å². The Balaban J connectivity index is 0.000000156. The van der Waals surface area contributed by atoms with Crippen molar-refractivity contribution in [1.82, 2.24) is 19.3 Å². The first-order chi connectivity index (χ1) is 12.9. The van der Waals surface area contributed by atoms with E-state index in [1.165, 1.54) is 12.1 Å². The summed E-state index contributed by atoms with van der Waals surface area (Å²) in [6, 6.07) is 13.5. The van der Waals surface area contributed by atoms with Crippen molar-refractivity contribution < 1.29 is 9.18 Å². The number of nitrogens with zero attached hydrogens (tertiary/aromatic N) is 4. The maximum Gasteiger partial charge on any atom is 0.248 e. The molecule has 0 bridgehead atoms. The highest BCUT2D eigenvalue weighted by atomic mass is 19.1. The minimum absolute atomic E-state index is 0.243. The van der Waals surface area contributed by atoms with Crippen LogP contribution in [-0.2, 0) is 7.05 Å². The van der Waals surface area contributed by atoms with E-state index in [0.717, 1.165) is 28.2 Å². The Kier molecular flexibility index (Phi) is 5.03. The second-order valence-corrected chi connectivity index (χ2v) is 6.15. The number of hydrogen-bond donors (Lipinski definition) is 1. The van der Waals surface area contributed by atoms with E-state index >= 15 is 0 Å². The predicted molar refractivity (Wildman–Crippen MR) is 102 cm³/mol. The first kappa shape index (κ1) is 18.3. The monoisotopic (exact) mass is 365 g/mol. The number of nitrogens with two attached hydrogens (primary N) is 1. The van der Waals surface area contributed by atoms with Crippen LogP contribution in [0.25, 0.3) is 16.7 Å². The number of carbonyl (C=O) groups excluding carboxylic acids is 1. The molecule has 0 aliphatic carbocycles. The molecule has 1 amide bonds. The van der Waals surface area contributed by atoms with E-state index in [-0.39, 0.29) is 5.82 Å². The lowest BCUT2D eigenvalue weighted by molar-refractivity contribution is 0.100. The Hall–Kier alpha value is -3.48. The number of primary amides is 1. The summed E-state index contributed by atoms with van der Waals surface area (Å²) in [5.74, 6) is 0.254. The Bertz CT molecular complexity index is 1110. The Morgan fingerprint density at radius 2 is 1.89 bits per heavy atom. The highest BCUT2D eigenvalue weighted by Crippen LogP contribution is 2.16. The maximum absolute atomic E-state index is 12.8. The van der Waals surface area contributed by atoms with Gasteiger partial charge in [-0.15, -0.1) is 0 Å². The highest BCUT2D eigenvalue weighted by Gasteiger charge is 2.06. The molecule has 0 saturated carbocycles. The van der Waals surface area contributed by atoms with Crippen LogP contribution in [0.4, 0.5) is 4.39 Å². The molecule has 7 heteroatoms. The third-order valence-electron chi connectivity index (χ3n) is 4.27. The smallest absolute Gasteiger partial charge is 0.248 e. The molecule has 0 atom stereocenters. The lowest BCUT2D eigenvalue weighted by atomic mass is 10.2. The Morgan fingerprint density at radius 3 is 2.52 bits per heavy atom. The number of amides is 1. The fourth-order valence-electron chi connectivity index (χ4n) is 2.72. The van der Waals surface area contributed by atoms with Gasteiger partial charge >= 0.3 is 0 Å². The van der Waals surface area contributed by atoms with E-state index in [0.29, 0.717) is 5.56 Å². The molecule has 0 saturated heterocycles. The number of rotatable bonds is 2. The van der Waals surface area contributed by atoms with E-state index in [9.17, 15) is 9.18 Å². The van der Waals surface area contributed by atoms with Crippen LogP contribution in [0.5, 0.6) is 0 Å². The molecule has 6 nitrogen and oxygen atoms in total. The van der Waals surface area contributed by atoms with Gasteiger partial charge < -0.3 is 10.3 Å². The van der Waals surface area contributed by atoms with E-state index in [2.05, 4.69) is 10.1 Å². The maximum atomic E-state index is 12.8. The molecule has 27 heavy (non-hydrogen) atoms. The molecule has 4 rings (SSSR count). The van der Waals surface area contributed by atoms with Crippen LogP contribution < -0.4 is 5.73 Å². The van der Waals surface area contributed by atoms with Crippen LogP contribution in [0.3, 0.4) is 0 Å². The summed E-state index contributed by atoms with van der Waals surface area (Å²) >= 11 is 0. The van der Waals surface area contributed by atoms with Crippen molar-refractivity contribution >= 4 is 16.9 Å². The summed E-state index contributed by atoms with van der Waals surface area (Å²) in [5.41, 5.74) is 9.23. The molecule has 0 unspecified atom stereocenters. The molecular formula is C20H20FN5O. The van der Waals surface area contributed by atoms with Crippen molar-refractivity contribution in [3.05, 3.63) is 77.6 Å². The average molecular weight is 365 g/mol. The fraction of sp³-hybridized carbons (Fsp3) is 0.150. The Labute approximate surface area is 156 Å². The Morgan fingerprint density at radius 1 is 1.11 bits per heavy atom. The van der Waals surface area contributed by atoms with Crippen LogP contribution >= 0.6 is 0 Å². The zero-order valence-electron chi connectivity index (χ0n) is 15.3. The van der Waals surface area contributed by atoms with Gasteiger partial charge in [-0.2, -0.15) is 5.10 Å². The number of carbonyl (C=O) groups is 1. The normalized spacial score (nSPS) is 10.5. The number of fused-ring (bicyclic) bond motifs is 1. The SMILES string of the molecule is Cc1ccnn1-c1cccc(F)c1.Cc1nc2cc(C(N)=O)ccc2n1C.